The summed E-state index contributed by atoms with van der Waals surface area (Å²) in [5, 5.41) is 5.11. The molecule has 5 aliphatic carbocycles. The van der Waals surface area contributed by atoms with E-state index < -0.39 is 0 Å². The lowest BCUT2D eigenvalue weighted by Crippen LogP contribution is -2.31. The van der Waals surface area contributed by atoms with Gasteiger partial charge in [0.1, 0.15) is 11.3 Å². The highest BCUT2D eigenvalue weighted by Crippen LogP contribution is 2.60. The van der Waals surface area contributed by atoms with Crippen molar-refractivity contribution in [1.29, 1.82) is 0 Å². The summed E-state index contributed by atoms with van der Waals surface area (Å²) < 4.78 is 6.35. The van der Waals surface area contributed by atoms with E-state index in [1.54, 1.807) is 11.1 Å². The number of allylic oxidation sites excluding steroid dienone is 3. The molecule has 3 N–H and O–H groups in total. The molecule has 6 aromatic carbocycles. The van der Waals surface area contributed by atoms with Gasteiger partial charge in [-0.2, -0.15) is 0 Å². The summed E-state index contributed by atoms with van der Waals surface area (Å²) >= 11 is 0. The van der Waals surface area contributed by atoms with Gasteiger partial charge in [0.25, 0.3) is 0 Å². The topological polar surface area (TPSA) is 51.2 Å². The summed E-state index contributed by atoms with van der Waals surface area (Å²) in [6, 6.07) is 46.2. The first-order chi connectivity index (χ1) is 31.8. The fourth-order valence-corrected chi connectivity index (χ4v) is 12.4. The zero-order valence-electron chi connectivity index (χ0n) is 38.0. The van der Waals surface area contributed by atoms with Crippen molar-refractivity contribution in [2.75, 3.05) is 0 Å². The standard InChI is InChI=1S/C62H58N2O/c1-39(40-16-6-4-7-17-40)64-57(38-56(63)44-30-31-49-48-21-9-11-25-58(48)65-59(49)35-44)45-19-14-18-43(34-45)41-26-28-42(29-27-41)46-22-15-24-53-60(46)51-37-55-50(36-54(51)61(53,2)3)47-20-8-10-23-52(47)62(55)32-12-5-13-33-62/h6,8-10,14-24,26-31,34-39,57,64H,4-5,7,11-13,25,32-33,63H2,1-3H3/b56-38-. The van der Waals surface area contributed by atoms with Crippen molar-refractivity contribution in [1.82, 2.24) is 5.32 Å². The second-order valence-corrected chi connectivity index (χ2v) is 20.0. The van der Waals surface area contributed by atoms with Gasteiger partial charge in [0, 0.05) is 45.5 Å². The van der Waals surface area contributed by atoms with Crippen molar-refractivity contribution in [3.63, 3.8) is 0 Å². The van der Waals surface area contributed by atoms with Gasteiger partial charge in [-0.15, -0.1) is 0 Å². The molecule has 12 rings (SSSR count). The van der Waals surface area contributed by atoms with Gasteiger partial charge in [0.2, 0.25) is 0 Å². The molecular formula is C62H58N2O. The van der Waals surface area contributed by atoms with Crippen molar-refractivity contribution >= 4 is 22.7 Å². The van der Waals surface area contributed by atoms with Gasteiger partial charge in [-0.25, -0.2) is 0 Å². The van der Waals surface area contributed by atoms with Crippen LogP contribution in [0.25, 0.3) is 67.2 Å². The fourth-order valence-electron chi connectivity index (χ4n) is 12.4. The smallest absolute Gasteiger partial charge is 0.135 e. The summed E-state index contributed by atoms with van der Waals surface area (Å²) in [6.07, 6.45) is 24.1. The number of benzene rings is 6. The maximum atomic E-state index is 7.03. The number of rotatable bonds is 8. The summed E-state index contributed by atoms with van der Waals surface area (Å²) in [7, 11) is 0. The SMILES string of the molecule is CC(NC(/C=C(\N)c1ccc2c3c(oc2c1)CCC=C3)c1cccc(-c2ccc(-c3cccc4c3-c3cc5c(cc3C4(C)C)-c3ccccc3C53CCCCC3)cc2)c1)C1=CCCC=C1. The van der Waals surface area contributed by atoms with Crippen LogP contribution >= 0.6 is 0 Å². The average Bonchev–Trinajstić information content (AvgIpc) is 3.93. The van der Waals surface area contributed by atoms with Crippen LogP contribution in [0.4, 0.5) is 0 Å². The van der Waals surface area contributed by atoms with E-state index in [2.05, 4.69) is 184 Å². The van der Waals surface area contributed by atoms with E-state index in [4.69, 9.17) is 10.2 Å². The number of hydrogen-bond acceptors (Lipinski definition) is 3. The minimum Gasteiger partial charge on any atom is -0.460 e. The summed E-state index contributed by atoms with van der Waals surface area (Å²) in [5.41, 5.74) is 30.1. The van der Waals surface area contributed by atoms with Crippen LogP contribution in [-0.4, -0.2) is 6.04 Å². The minimum absolute atomic E-state index is 0.0976. The van der Waals surface area contributed by atoms with Crippen molar-refractivity contribution in [2.24, 2.45) is 5.73 Å². The van der Waals surface area contributed by atoms with Gasteiger partial charge >= 0.3 is 0 Å². The quantitative estimate of drug-likeness (QED) is 0.160. The average molecular weight is 847 g/mol. The zero-order valence-corrected chi connectivity index (χ0v) is 38.0. The Kier molecular flexibility index (Phi) is 9.65. The predicted molar refractivity (Wildman–Crippen MR) is 272 cm³/mol. The second kappa shape index (κ2) is 15.6. The molecule has 0 aliphatic heterocycles. The van der Waals surface area contributed by atoms with Crippen LogP contribution in [0.5, 0.6) is 0 Å². The van der Waals surface area contributed by atoms with Gasteiger partial charge in [-0.3, -0.25) is 0 Å². The number of furan rings is 1. The van der Waals surface area contributed by atoms with Crippen molar-refractivity contribution in [2.45, 2.75) is 101 Å². The number of aryl methyl sites for hydroxylation is 1. The van der Waals surface area contributed by atoms with Gasteiger partial charge < -0.3 is 15.5 Å². The highest BCUT2D eigenvalue weighted by molar-refractivity contribution is 5.96. The Labute approximate surface area is 384 Å². The highest BCUT2D eigenvalue weighted by Gasteiger charge is 2.46. The Bertz CT molecular complexity index is 3160. The van der Waals surface area contributed by atoms with Crippen molar-refractivity contribution < 1.29 is 4.42 Å². The molecule has 0 radical (unpaired) electrons. The van der Waals surface area contributed by atoms with Crippen LogP contribution in [-0.2, 0) is 17.3 Å². The first kappa shape index (κ1) is 40.1. The van der Waals surface area contributed by atoms with Gasteiger partial charge in [0.15, 0.2) is 0 Å². The molecule has 1 aromatic heterocycles. The molecule has 7 aromatic rings. The van der Waals surface area contributed by atoms with Gasteiger partial charge in [-0.1, -0.05) is 154 Å². The molecule has 65 heavy (non-hydrogen) atoms. The first-order valence-electron chi connectivity index (χ1n) is 24.2. The Balaban J connectivity index is 0.888. The van der Waals surface area contributed by atoms with Crippen LogP contribution in [0.1, 0.15) is 123 Å². The maximum absolute atomic E-state index is 7.03. The molecule has 3 nitrogen and oxygen atoms in total. The van der Waals surface area contributed by atoms with E-state index in [1.807, 2.05) is 0 Å². The molecule has 3 heteroatoms. The molecule has 1 saturated carbocycles. The fraction of sp³-hybridized carbons (Fsp3) is 0.258. The van der Waals surface area contributed by atoms with Crippen LogP contribution in [0, 0.1) is 0 Å². The zero-order chi connectivity index (χ0) is 43.9. The van der Waals surface area contributed by atoms with E-state index in [9.17, 15) is 0 Å². The Morgan fingerprint density at radius 2 is 1.43 bits per heavy atom. The molecule has 0 saturated heterocycles. The molecule has 1 fully saturated rings. The van der Waals surface area contributed by atoms with E-state index in [0.29, 0.717) is 0 Å². The van der Waals surface area contributed by atoms with E-state index in [-0.39, 0.29) is 22.9 Å². The molecule has 1 spiro atoms. The third-order valence-corrected chi connectivity index (χ3v) is 15.8. The van der Waals surface area contributed by atoms with Crippen LogP contribution in [0.2, 0.25) is 0 Å². The summed E-state index contributed by atoms with van der Waals surface area (Å²) in [6.45, 7) is 7.11. The number of nitrogens with one attached hydrogen (secondary N) is 1. The van der Waals surface area contributed by atoms with E-state index in [0.717, 1.165) is 53.7 Å². The van der Waals surface area contributed by atoms with E-state index in [1.165, 1.54) is 104 Å². The lowest BCUT2D eigenvalue weighted by molar-refractivity contribution is 0.353. The lowest BCUT2D eigenvalue weighted by atomic mass is 9.67. The number of hydrogen-bond donors (Lipinski definition) is 2. The summed E-state index contributed by atoms with van der Waals surface area (Å²) in [5.74, 6) is 1.07. The first-order valence-corrected chi connectivity index (χ1v) is 24.2. The molecule has 0 amide bonds. The molecule has 0 bridgehead atoms. The largest absolute Gasteiger partial charge is 0.460 e. The number of fused-ring (bicyclic) bond motifs is 11. The monoisotopic (exact) mass is 846 g/mol. The maximum Gasteiger partial charge on any atom is 0.135 e. The molecule has 2 atom stereocenters. The van der Waals surface area contributed by atoms with E-state index >= 15 is 0 Å². The lowest BCUT2D eigenvalue weighted by Gasteiger charge is -2.36. The number of nitrogens with two attached hydrogens (primary N) is 1. The van der Waals surface area contributed by atoms with Gasteiger partial charge in [0.05, 0.1) is 6.04 Å². The Morgan fingerprint density at radius 3 is 2.28 bits per heavy atom. The Hall–Kier alpha value is -6.42. The van der Waals surface area contributed by atoms with Crippen molar-refractivity contribution in [3.05, 3.63) is 202 Å². The Morgan fingerprint density at radius 1 is 0.662 bits per heavy atom. The third-order valence-electron chi connectivity index (χ3n) is 15.8. The predicted octanol–water partition coefficient (Wildman–Crippen LogP) is 15.6. The highest BCUT2D eigenvalue weighted by atomic mass is 16.3. The minimum atomic E-state index is -0.124. The molecule has 1 heterocycles. The molecule has 5 aliphatic rings. The third kappa shape index (κ3) is 6.57. The summed E-state index contributed by atoms with van der Waals surface area (Å²) in [4.78, 5) is 0. The van der Waals surface area contributed by atoms with Crippen LogP contribution in [0.15, 0.2) is 162 Å². The van der Waals surface area contributed by atoms with Crippen LogP contribution < -0.4 is 11.1 Å². The molecular weight excluding hydrogens is 789 g/mol. The molecule has 322 valence electrons. The molecule has 2 unspecified atom stereocenters. The second-order valence-electron chi connectivity index (χ2n) is 20.0. The van der Waals surface area contributed by atoms with Crippen molar-refractivity contribution in [3.8, 4) is 44.5 Å². The normalized spacial score (nSPS) is 18.4. The van der Waals surface area contributed by atoms with Gasteiger partial charge in [-0.05, 0) is 153 Å². The van der Waals surface area contributed by atoms with Crippen LogP contribution in [0.3, 0.4) is 0 Å².